The van der Waals surface area contributed by atoms with Crippen LogP contribution in [-0.4, -0.2) is 26.7 Å². The van der Waals surface area contributed by atoms with Crippen LogP contribution in [0.4, 0.5) is 0 Å². The highest BCUT2D eigenvalue weighted by Gasteiger charge is 2.22. The van der Waals surface area contributed by atoms with Gasteiger partial charge in [-0.1, -0.05) is 37.3 Å². The number of pyridine rings is 1. The molecule has 0 saturated heterocycles. The van der Waals surface area contributed by atoms with Crippen molar-refractivity contribution in [3.63, 3.8) is 0 Å². The number of carboxylic acids is 1. The molecule has 0 saturated carbocycles. The molecular weight excluding hydrogens is 320 g/mol. The van der Waals surface area contributed by atoms with Crippen LogP contribution in [0.3, 0.4) is 0 Å². The number of carbonyl (C=O) groups excluding carboxylic acids is 1. The van der Waals surface area contributed by atoms with Crippen molar-refractivity contribution in [2.24, 2.45) is 0 Å². The number of aldehydes is 1. The van der Waals surface area contributed by atoms with Crippen LogP contribution in [0.1, 0.15) is 44.7 Å². The highest BCUT2D eigenvalue weighted by atomic mass is 16.5. The van der Waals surface area contributed by atoms with E-state index in [0.717, 1.165) is 5.56 Å². The summed E-state index contributed by atoms with van der Waals surface area (Å²) >= 11 is 0. The van der Waals surface area contributed by atoms with E-state index < -0.39 is 5.97 Å². The van der Waals surface area contributed by atoms with E-state index in [0.29, 0.717) is 47.7 Å². The zero-order valence-corrected chi connectivity index (χ0v) is 14.0. The Morgan fingerprint density at radius 1 is 1.32 bits per heavy atom. The highest BCUT2D eigenvalue weighted by Crippen LogP contribution is 2.28. The Balaban J connectivity index is 2.17. The number of carboxylic acid groups (broad SMARTS) is 1. The van der Waals surface area contributed by atoms with Gasteiger partial charge in [0.15, 0.2) is 23.4 Å². The van der Waals surface area contributed by atoms with Crippen molar-refractivity contribution in [3.8, 4) is 5.75 Å². The third-order valence-corrected chi connectivity index (χ3v) is 4.06. The average molecular weight is 338 g/mol. The number of rotatable bonds is 6. The molecule has 0 amide bonds. The van der Waals surface area contributed by atoms with Gasteiger partial charge >= 0.3 is 5.97 Å². The molecule has 0 atom stereocenters. The first-order chi connectivity index (χ1) is 12.1. The molecule has 1 N–H and O–H groups in total. The molecule has 0 aliphatic heterocycles. The fourth-order valence-electron chi connectivity index (χ4n) is 2.93. The van der Waals surface area contributed by atoms with Gasteiger partial charge in [0.2, 0.25) is 0 Å². The molecule has 1 aromatic carbocycles. The Morgan fingerprint density at radius 3 is 2.64 bits per heavy atom. The van der Waals surface area contributed by atoms with Gasteiger partial charge in [0, 0.05) is 11.3 Å². The third kappa shape index (κ3) is 2.98. The Kier molecular flexibility index (Phi) is 4.52. The minimum atomic E-state index is -1.09. The number of hydrogen-bond donors (Lipinski definition) is 1. The van der Waals surface area contributed by atoms with Crippen molar-refractivity contribution >= 4 is 17.9 Å². The highest BCUT2D eigenvalue weighted by molar-refractivity contribution is 5.90. The fraction of sp³-hybridized carbons (Fsp3) is 0.211. The van der Waals surface area contributed by atoms with Gasteiger partial charge in [-0.2, -0.15) is 0 Å². The van der Waals surface area contributed by atoms with Crippen molar-refractivity contribution in [1.82, 2.24) is 9.38 Å². The summed E-state index contributed by atoms with van der Waals surface area (Å²) in [7, 11) is 0. The number of hydrogen-bond acceptors (Lipinski definition) is 4. The second-order valence-electron chi connectivity index (χ2n) is 5.67. The smallest absolute Gasteiger partial charge is 0.354 e. The van der Waals surface area contributed by atoms with Crippen LogP contribution in [-0.2, 0) is 13.0 Å². The molecule has 0 aliphatic rings. The molecule has 6 heteroatoms. The van der Waals surface area contributed by atoms with Gasteiger partial charge in [0.25, 0.3) is 0 Å². The number of aryl methyl sites for hydroxylation is 2. The molecule has 25 heavy (non-hydrogen) atoms. The lowest BCUT2D eigenvalue weighted by Gasteiger charge is -2.13. The molecule has 128 valence electrons. The standard InChI is InChI=1S/C19H18N2O4/c1-3-15-14(10-22)9-16(25-11-13-7-5-4-6-8-13)18-20-12(2)17(19(23)24)21(15)18/h4-10H,3,11H2,1-2H3,(H,23,24). The van der Waals surface area contributed by atoms with Crippen molar-refractivity contribution in [2.45, 2.75) is 26.9 Å². The fourth-order valence-corrected chi connectivity index (χ4v) is 2.93. The van der Waals surface area contributed by atoms with Gasteiger partial charge in [-0.25, -0.2) is 9.78 Å². The molecule has 0 radical (unpaired) electrons. The Bertz CT molecular complexity index is 945. The molecule has 0 aliphatic carbocycles. The summed E-state index contributed by atoms with van der Waals surface area (Å²) in [6.07, 6.45) is 1.22. The quantitative estimate of drug-likeness (QED) is 0.698. The molecule has 3 aromatic rings. The maximum atomic E-state index is 11.7. The Morgan fingerprint density at radius 2 is 2.04 bits per heavy atom. The van der Waals surface area contributed by atoms with E-state index in [1.54, 1.807) is 13.0 Å². The maximum Gasteiger partial charge on any atom is 0.354 e. The van der Waals surface area contributed by atoms with Crippen LogP contribution in [0.2, 0.25) is 0 Å². The monoisotopic (exact) mass is 338 g/mol. The minimum Gasteiger partial charge on any atom is -0.485 e. The molecule has 2 heterocycles. The number of carbonyl (C=O) groups is 2. The van der Waals surface area contributed by atoms with E-state index >= 15 is 0 Å². The second-order valence-corrected chi connectivity index (χ2v) is 5.67. The van der Waals surface area contributed by atoms with Crippen LogP contribution in [0.25, 0.3) is 5.65 Å². The summed E-state index contributed by atoms with van der Waals surface area (Å²) in [6.45, 7) is 3.80. The summed E-state index contributed by atoms with van der Waals surface area (Å²) in [5.41, 5.74) is 2.82. The van der Waals surface area contributed by atoms with Gasteiger partial charge in [-0.05, 0) is 25.0 Å². The van der Waals surface area contributed by atoms with Gasteiger partial charge in [0.1, 0.15) is 6.61 Å². The first-order valence-corrected chi connectivity index (χ1v) is 7.97. The molecule has 2 aromatic heterocycles. The molecule has 3 rings (SSSR count). The van der Waals surface area contributed by atoms with E-state index in [4.69, 9.17) is 4.74 Å². The van der Waals surface area contributed by atoms with E-state index in [1.807, 2.05) is 37.3 Å². The number of nitrogens with zero attached hydrogens (tertiary/aromatic N) is 2. The molecule has 0 spiro atoms. The first kappa shape index (κ1) is 16.7. The number of ether oxygens (including phenoxy) is 1. The van der Waals surface area contributed by atoms with E-state index in [9.17, 15) is 14.7 Å². The van der Waals surface area contributed by atoms with Crippen molar-refractivity contribution in [1.29, 1.82) is 0 Å². The number of imidazole rings is 1. The maximum absolute atomic E-state index is 11.7. The average Bonchev–Trinajstić information content (AvgIpc) is 2.97. The zero-order valence-electron chi connectivity index (χ0n) is 14.0. The lowest BCUT2D eigenvalue weighted by molar-refractivity contribution is 0.0687. The van der Waals surface area contributed by atoms with Gasteiger partial charge in [-0.3, -0.25) is 9.20 Å². The first-order valence-electron chi connectivity index (χ1n) is 7.97. The SMILES string of the molecule is CCc1c(C=O)cc(OCc2ccccc2)c2nc(C)c(C(=O)O)n12. The minimum absolute atomic E-state index is 0.0557. The zero-order chi connectivity index (χ0) is 18.0. The van der Waals surface area contributed by atoms with Crippen LogP contribution in [0, 0.1) is 6.92 Å². The summed E-state index contributed by atoms with van der Waals surface area (Å²) in [5.74, 6) is -0.699. The van der Waals surface area contributed by atoms with Crippen LogP contribution < -0.4 is 4.74 Å². The van der Waals surface area contributed by atoms with Gasteiger partial charge < -0.3 is 9.84 Å². The van der Waals surface area contributed by atoms with Gasteiger partial charge in [-0.15, -0.1) is 0 Å². The predicted octanol–water partition coefficient (Wildman–Crippen LogP) is 3.29. The topological polar surface area (TPSA) is 80.9 Å². The Hall–Kier alpha value is -3.15. The predicted molar refractivity (Wildman–Crippen MR) is 92.4 cm³/mol. The summed E-state index contributed by atoms with van der Waals surface area (Å²) in [5, 5.41) is 9.54. The lowest BCUT2D eigenvalue weighted by atomic mass is 10.1. The molecule has 6 nitrogen and oxygen atoms in total. The molecular formula is C19H18N2O4. The van der Waals surface area contributed by atoms with Crippen molar-refractivity contribution in [3.05, 3.63) is 64.6 Å². The van der Waals surface area contributed by atoms with E-state index in [1.165, 1.54) is 4.40 Å². The van der Waals surface area contributed by atoms with E-state index in [-0.39, 0.29) is 5.69 Å². The number of aromatic nitrogens is 2. The van der Waals surface area contributed by atoms with Crippen molar-refractivity contribution < 1.29 is 19.4 Å². The summed E-state index contributed by atoms with van der Waals surface area (Å²) in [4.78, 5) is 27.5. The third-order valence-electron chi connectivity index (χ3n) is 4.06. The van der Waals surface area contributed by atoms with E-state index in [2.05, 4.69) is 4.98 Å². The van der Waals surface area contributed by atoms with Crippen LogP contribution in [0.15, 0.2) is 36.4 Å². The van der Waals surface area contributed by atoms with Crippen LogP contribution >= 0.6 is 0 Å². The number of aromatic carboxylic acids is 1. The normalized spacial score (nSPS) is 10.8. The number of fused-ring (bicyclic) bond motifs is 1. The lowest BCUT2D eigenvalue weighted by Crippen LogP contribution is -2.10. The molecule has 0 fully saturated rings. The largest absolute Gasteiger partial charge is 0.485 e. The van der Waals surface area contributed by atoms with Crippen molar-refractivity contribution in [2.75, 3.05) is 0 Å². The van der Waals surface area contributed by atoms with Crippen LogP contribution in [0.5, 0.6) is 5.75 Å². The Labute approximate surface area is 144 Å². The summed E-state index contributed by atoms with van der Waals surface area (Å²) < 4.78 is 7.38. The molecule has 0 bridgehead atoms. The number of benzene rings is 1. The summed E-state index contributed by atoms with van der Waals surface area (Å²) in [6, 6.07) is 11.2. The molecule has 0 unspecified atom stereocenters. The van der Waals surface area contributed by atoms with Gasteiger partial charge in [0.05, 0.1) is 5.69 Å². The second kappa shape index (κ2) is 6.76.